The zero-order chi connectivity index (χ0) is 20.4. The fraction of sp³-hybridized carbons (Fsp3) is 0.190. The third-order valence-corrected chi connectivity index (χ3v) is 4.42. The topological polar surface area (TPSA) is 77.4 Å². The van der Waals surface area contributed by atoms with E-state index < -0.39 is 17.3 Å². The van der Waals surface area contributed by atoms with Gasteiger partial charge in [0.25, 0.3) is 5.91 Å². The fourth-order valence-corrected chi connectivity index (χ4v) is 3.16. The molecule has 28 heavy (non-hydrogen) atoms. The molecule has 3 rings (SSSR count). The second kappa shape index (κ2) is 7.86. The molecule has 1 N–H and O–H groups in total. The average Bonchev–Trinajstić information content (AvgIpc) is 2.64. The Kier molecular flexibility index (Phi) is 5.51. The van der Waals surface area contributed by atoms with Gasteiger partial charge in [-0.15, -0.1) is 0 Å². The summed E-state index contributed by atoms with van der Waals surface area (Å²) in [6.45, 7) is 3.54. The van der Waals surface area contributed by atoms with Crippen LogP contribution in [0.1, 0.15) is 34.6 Å². The van der Waals surface area contributed by atoms with Crippen LogP contribution >= 0.6 is 11.6 Å². The molecule has 0 saturated heterocycles. The highest BCUT2D eigenvalue weighted by Gasteiger charge is 2.16. The van der Waals surface area contributed by atoms with Crippen LogP contribution in [0.2, 0.25) is 5.02 Å². The number of esters is 1. The molecule has 2 aromatic carbocycles. The summed E-state index contributed by atoms with van der Waals surface area (Å²) in [5, 5.41) is 3.48. The van der Waals surface area contributed by atoms with Crippen LogP contribution in [-0.2, 0) is 11.8 Å². The summed E-state index contributed by atoms with van der Waals surface area (Å²) in [5.41, 5.74) is 1.01. The molecule has 3 aromatic rings. The molecule has 7 heteroatoms. The molecule has 0 aliphatic rings. The Morgan fingerprint density at radius 2 is 1.79 bits per heavy atom. The molecule has 0 bridgehead atoms. The van der Waals surface area contributed by atoms with Crippen molar-refractivity contribution in [1.29, 1.82) is 0 Å². The fourth-order valence-electron chi connectivity index (χ4n) is 2.85. The van der Waals surface area contributed by atoms with Crippen molar-refractivity contribution in [2.45, 2.75) is 20.0 Å². The smallest absolute Gasteiger partial charge is 0.338 e. The molecule has 0 saturated carbocycles. The van der Waals surface area contributed by atoms with Crippen molar-refractivity contribution < 1.29 is 14.3 Å². The first-order valence-electron chi connectivity index (χ1n) is 8.68. The molecule has 144 valence electrons. The largest absolute Gasteiger partial charge is 0.459 e. The van der Waals surface area contributed by atoms with Gasteiger partial charge in [0, 0.05) is 24.3 Å². The number of aromatic nitrogens is 1. The van der Waals surface area contributed by atoms with Gasteiger partial charge in [0.1, 0.15) is 5.56 Å². The van der Waals surface area contributed by atoms with E-state index in [1.807, 2.05) is 0 Å². The molecule has 0 radical (unpaired) electrons. The molecule has 6 nitrogen and oxygen atoms in total. The van der Waals surface area contributed by atoms with Crippen LogP contribution in [0.15, 0.2) is 53.5 Å². The van der Waals surface area contributed by atoms with E-state index in [1.165, 1.54) is 6.20 Å². The predicted molar refractivity (Wildman–Crippen MR) is 109 cm³/mol. The Balaban J connectivity index is 1.87. The second-order valence-corrected chi connectivity index (χ2v) is 7.01. The maximum Gasteiger partial charge on any atom is 0.338 e. The van der Waals surface area contributed by atoms with Crippen LogP contribution in [-0.4, -0.2) is 22.5 Å². The average molecular weight is 399 g/mol. The standard InChI is InChI=1S/C21H19ClN2O4/c1-12(2)28-21(27)13-7-9-14(10-8-13)23-20(26)16-11-24(3)18-15(19(16)25)5-4-6-17(18)22/h4-12H,1-3H3,(H,23,26). The number of benzene rings is 2. The van der Waals surface area contributed by atoms with Crippen LogP contribution in [0.3, 0.4) is 0 Å². The predicted octanol–water partition coefficient (Wildman–Crippen LogP) is 4.01. The lowest BCUT2D eigenvalue weighted by Crippen LogP contribution is -2.23. The molecule has 0 aliphatic carbocycles. The molecule has 0 atom stereocenters. The van der Waals surface area contributed by atoms with Crippen molar-refractivity contribution in [3.8, 4) is 0 Å². The summed E-state index contributed by atoms with van der Waals surface area (Å²) in [7, 11) is 1.72. The number of halogens is 1. The normalized spacial score (nSPS) is 10.9. The number of carbonyl (C=O) groups is 2. The molecule has 0 aliphatic heterocycles. The number of amides is 1. The lowest BCUT2D eigenvalue weighted by molar-refractivity contribution is 0.0378. The molecular formula is C21H19ClN2O4. The van der Waals surface area contributed by atoms with E-state index in [4.69, 9.17) is 16.3 Å². The molecule has 0 unspecified atom stereocenters. The number of nitrogens with one attached hydrogen (secondary N) is 1. The van der Waals surface area contributed by atoms with Crippen LogP contribution in [0, 0.1) is 0 Å². The quantitative estimate of drug-likeness (QED) is 0.673. The molecular weight excluding hydrogens is 380 g/mol. The van der Waals surface area contributed by atoms with Crippen molar-refractivity contribution in [1.82, 2.24) is 4.57 Å². The summed E-state index contributed by atoms with van der Waals surface area (Å²) in [5.74, 6) is -0.979. The lowest BCUT2D eigenvalue weighted by atomic mass is 10.1. The highest BCUT2D eigenvalue weighted by Crippen LogP contribution is 2.21. The molecule has 1 heterocycles. The third kappa shape index (κ3) is 3.92. The Hall–Kier alpha value is -3.12. The minimum atomic E-state index is -0.542. The number of fused-ring (bicyclic) bond motifs is 1. The number of aryl methyl sites for hydroxylation is 1. The SMILES string of the molecule is CC(C)OC(=O)c1ccc(NC(=O)c2cn(C)c3c(Cl)cccc3c2=O)cc1. The zero-order valence-electron chi connectivity index (χ0n) is 15.7. The number of hydrogen-bond acceptors (Lipinski definition) is 4. The van der Waals surface area contributed by atoms with E-state index >= 15 is 0 Å². The van der Waals surface area contributed by atoms with Gasteiger partial charge in [0.15, 0.2) is 0 Å². The maximum absolute atomic E-state index is 12.7. The van der Waals surface area contributed by atoms with Crippen LogP contribution in [0.5, 0.6) is 0 Å². The highest BCUT2D eigenvalue weighted by atomic mass is 35.5. The minimum Gasteiger partial charge on any atom is -0.459 e. The van der Waals surface area contributed by atoms with Crippen molar-refractivity contribution in [3.05, 3.63) is 75.0 Å². The molecule has 1 amide bonds. The Labute approximate surface area is 166 Å². The number of hydrogen-bond donors (Lipinski definition) is 1. The molecule has 0 fully saturated rings. The second-order valence-electron chi connectivity index (χ2n) is 6.60. The van der Waals surface area contributed by atoms with E-state index in [0.29, 0.717) is 27.2 Å². The maximum atomic E-state index is 12.7. The highest BCUT2D eigenvalue weighted by molar-refractivity contribution is 6.35. The van der Waals surface area contributed by atoms with E-state index in [9.17, 15) is 14.4 Å². The van der Waals surface area contributed by atoms with Gasteiger partial charge >= 0.3 is 5.97 Å². The molecule has 1 aromatic heterocycles. The molecule has 0 spiro atoms. The Morgan fingerprint density at radius 1 is 1.11 bits per heavy atom. The lowest BCUT2D eigenvalue weighted by Gasteiger charge is -2.11. The first-order chi connectivity index (χ1) is 13.3. The summed E-state index contributed by atoms with van der Waals surface area (Å²) in [6.07, 6.45) is 1.24. The van der Waals surface area contributed by atoms with Gasteiger partial charge in [-0.05, 0) is 50.2 Å². The number of nitrogens with zero attached hydrogens (tertiary/aromatic N) is 1. The number of ether oxygens (including phenoxy) is 1. The summed E-state index contributed by atoms with van der Waals surface area (Å²) in [6, 6.07) is 11.3. The van der Waals surface area contributed by atoms with Gasteiger partial charge in [0.2, 0.25) is 5.43 Å². The Bertz CT molecular complexity index is 1120. The summed E-state index contributed by atoms with van der Waals surface area (Å²) >= 11 is 6.17. The van der Waals surface area contributed by atoms with E-state index in [0.717, 1.165) is 0 Å². The van der Waals surface area contributed by atoms with Crippen LogP contribution < -0.4 is 10.7 Å². The van der Waals surface area contributed by atoms with Crippen molar-refractivity contribution >= 4 is 40.1 Å². The van der Waals surface area contributed by atoms with Gasteiger partial charge in [0.05, 0.1) is 22.2 Å². The van der Waals surface area contributed by atoms with E-state index in [-0.39, 0.29) is 11.7 Å². The van der Waals surface area contributed by atoms with Gasteiger partial charge in [-0.25, -0.2) is 4.79 Å². The van der Waals surface area contributed by atoms with Crippen LogP contribution in [0.25, 0.3) is 10.9 Å². The van der Waals surface area contributed by atoms with Crippen molar-refractivity contribution in [2.75, 3.05) is 5.32 Å². The van der Waals surface area contributed by atoms with E-state index in [2.05, 4.69) is 5.32 Å². The van der Waals surface area contributed by atoms with Gasteiger partial charge in [-0.2, -0.15) is 0 Å². The summed E-state index contributed by atoms with van der Waals surface area (Å²) in [4.78, 5) is 37.2. The number of carbonyl (C=O) groups excluding carboxylic acids is 2. The number of para-hydroxylation sites is 1. The first kappa shape index (κ1) is 19.6. The minimum absolute atomic E-state index is 0.000519. The number of pyridine rings is 1. The van der Waals surface area contributed by atoms with Crippen molar-refractivity contribution in [3.63, 3.8) is 0 Å². The number of anilines is 1. The van der Waals surface area contributed by atoms with Crippen molar-refractivity contribution in [2.24, 2.45) is 7.05 Å². The Morgan fingerprint density at radius 3 is 2.43 bits per heavy atom. The zero-order valence-corrected chi connectivity index (χ0v) is 16.4. The van der Waals surface area contributed by atoms with Gasteiger partial charge < -0.3 is 14.6 Å². The first-order valence-corrected chi connectivity index (χ1v) is 9.06. The van der Waals surface area contributed by atoms with E-state index in [1.54, 1.807) is 67.9 Å². The van der Waals surface area contributed by atoms with Crippen LogP contribution in [0.4, 0.5) is 5.69 Å². The number of rotatable bonds is 4. The monoisotopic (exact) mass is 398 g/mol. The van der Waals surface area contributed by atoms with Gasteiger partial charge in [-0.3, -0.25) is 9.59 Å². The summed E-state index contributed by atoms with van der Waals surface area (Å²) < 4.78 is 6.78. The third-order valence-electron chi connectivity index (χ3n) is 4.12. The van der Waals surface area contributed by atoms with Gasteiger partial charge in [-0.1, -0.05) is 17.7 Å².